The summed E-state index contributed by atoms with van der Waals surface area (Å²) in [5, 5.41) is 0.229. The van der Waals surface area contributed by atoms with Crippen LogP contribution in [0.25, 0.3) is 0 Å². The first-order valence-corrected chi connectivity index (χ1v) is 10.4. The van der Waals surface area contributed by atoms with E-state index >= 15 is 0 Å². The Bertz CT molecular complexity index is 444. The predicted molar refractivity (Wildman–Crippen MR) is 87.2 cm³/mol. The highest BCUT2D eigenvalue weighted by molar-refractivity contribution is 6.74. The molecule has 5 heteroatoms. The van der Waals surface area contributed by atoms with Crippen molar-refractivity contribution in [1.29, 1.82) is 0 Å². The summed E-state index contributed by atoms with van der Waals surface area (Å²) < 4.78 is 11.8. The SMILES string of the molecule is Cc1cc(CCl)ncc1OCCO[Si](C)(C)C(C)(C)C. The first-order valence-electron chi connectivity index (χ1n) is 6.95. The van der Waals surface area contributed by atoms with Gasteiger partial charge in [-0.25, -0.2) is 0 Å². The molecule has 0 unspecified atom stereocenters. The zero-order valence-electron chi connectivity index (χ0n) is 13.4. The molecule has 0 fully saturated rings. The molecule has 20 heavy (non-hydrogen) atoms. The molecule has 0 atom stereocenters. The molecule has 0 saturated heterocycles. The van der Waals surface area contributed by atoms with Crippen molar-refractivity contribution in [3.8, 4) is 5.75 Å². The molecular weight excluding hydrogens is 290 g/mol. The van der Waals surface area contributed by atoms with Gasteiger partial charge in [-0.3, -0.25) is 4.98 Å². The Morgan fingerprint density at radius 3 is 2.40 bits per heavy atom. The van der Waals surface area contributed by atoms with Crippen molar-refractivity contribution >= 4 is 19.9 Å². The number of ether oxygens (including phenoxy) is 1. The number of alkyl halides is 1. The van der Waals surface area contributed by atoms with Gasteiger partial charge in [0.05, 0.1) is 24.4 Å². The molecular formula is C15H26ClNO2Si. The summed E-state index contributed by atoms with van der Waals surface area (Å²) in [7, 11) is -1.68. The Morgan fingerprint density at radius 2 is 1.90 bits per heavy atom. The van der Waals surface area contributed by atoms with E-state index in [9.17, 15) is 0 Å². The van der Waals surface area contributed by atoms with Crippen LogP contribution in [0.15, 0.2) is 12.3 Å². The summed E-state index contributed by atoms with van der Waals surface area (Å²) in [6.45, 7) is 14.4. The van der Waals surface area contributed by atoms with E-state index in [1.165, 1.54) is 0 Å². The molecule has 3 nitrogen and oxygen atoms in total. The number of aryl methyl sites for hydroxylation is 1. The van der Waals surface area contributed by atoms with E-state index in [2.05, 4.69) is 38.8 Å². The summed E-state index contributed by atoms with van der Waals surface area (Å²) in [5.41, 5.74) is 1.93. The fourth-order valence-electron chi connectivity index (χ4n) is 1.49. The Hall–Kier alpha value is -0.583. The number of hydrogen-bond acceptors (Lipinski definition) is 3. The van der Waals surface area contributed by atoms with Crippen LogP contribution in [-0.2, 0) is 10.3 Å². The maximum atomic E-state index is 6.07. The van der Waals surface area contributed by atoms with Gasteiger partial charge in [0.2, 0.25) is 0 Å². The van der Waals surface area contributed by atoms with Crippen LogP contribution >= 0.6 is 11.6 Å². The van der Waals surface area contributed by atoms with Gasteiger partial charge in [-0.1, -0.05) is 20.8 Å². The Kier molecular flexibility index (Phi) is 6.04. The number of rotatable bonds is 6. The van der Waals surface area contributed by atoms with Crippen molar-refractivity contribution in [3.63, 3.8) is 0 Å². The molecule has 0 amide bonds. The minimum absolute atomic E-state index is 0.229. The Morgan fingerprint density at radius 1 is 1.25 bits per heavy atom. The van der Waals surface area contributed by atoms with Gasteiger partial charge in [-0.05, 0) is 36.7 Å². The van der Waals surface area contributed by atoms with Gasteiger partial charge in [0, 0.05) is 0 Å². The lowest BCUT2D eigenvalue weighted by atomic mass is 10.2. The van der Waals surface area contributed by atoms with Gasteiger partial charge < -0.3 is 9.16 Å². The highest BCUT2D eigenvalue weighted by atomic mass is 35.5. The number of nitrogens with zero attached hydrogens (tertiary/aromatic N) is 1. The van der Waals surface area contributed by atoms with Gasteiger partial charge in [-0.2, -0.15) is 0 Å². The van der Waals surface area contributed by atoms with E-state index in [4.69, 9.17) is 20.8 Å². The molecule has 0 aliphatic carbocycles. The molecule has 0 spiro atoms. The van der Waals surface area contributed by atoms with Crippen molar-refractivity contribution in [2.24, 2.45) is 0 Å². The summed E-state index contributed by atoms with van der Waals surface area (Å²) >= 11 is 5.75. The summed E-state index contributed by atoms with van der Waals surface area (Å²) in [5.74, 6) is 1.23. The molecule has 114 valence electrons. The third-order valence-corrected chi connectivity index (χ3v) is 8.68. The standard InChI is InChI=1S/C15H26ClNO2Si/c1-12-9-13(10-16)17-11-14(12)18-7-8-19-20(5,6)15(2,3)4/h9,11H,7-8,10H2,1-6H3. The second-order valence-corrected chi connectivity index (χ2v) is 11.6. The Balaban J connectivity index is 2.46. The molecule has 0 saturated carbocycles. The van der Waals surface area contributed by atoms with Crippen molar-refractivity contribution in [1.82, 2.24) is 4.98 Å². The molecule has 0 N–H and O–H groups in total. The monoisotopic (exact) mass is 315 g/mol. The number of aromatic nitrogens is 1. The molecule has 0 aliphatic heterocycles. The van der Waals surface area contributed by atoms with Crippen LogP contribution in [0, 0.1) is 6.92 Å². The Labute approximate surface area is 128 Å². The van der Waals surface area contributed by atoms with Gasteiger partial charge >= 0.3 is 0 Å². The average Bonchev–Trinajstić information content (AvgIpc) is 2.34. The third kappa shape index (κ3) is 4.76. The second-order valence-electron chi connectivity index (χ2n) is 6.53. The third-order valence-electron chi connectivity index (χ3n) is 3.87. The molecule has 0 aliphatic rings. The van der Waals surface area contributed by atoms with Crippen LogP contribution in [0.1, 0.15) is 32.0 Å². The van der Waals surface area contributed by atoms with Gasteiger partial charge in [0.1, 0.15) is 12.4 Å². The largest absolute Gasteiger partial charge is 0.489 e. The van der Waals surface area contributed by atoms with Gasteiger partial charge in [-0.15, -0.1) is 11.6 Å². The van der Waals surface area contributed by atoms with Crippen LogP contribution in [-0.4, -0.2) is 26.5 Å². The normalized spacial score (nSPS) is 12.6. The van der Waals surface area contributed by atoms with Gasteiger partial charge in [0.25, 0.3) is 0 Å². The zero-order chi connectivity index (χ0) is 15.4. The molecule has 0 bridgehead atoms. The quantitative estimate of drug-likeness (QED) is 0.439. The van der Waals surface area contributed by atoms with Crippen molar-refractivity contribution in [2.45, 2.75) is 51.7 Å². The van der Waals surface area contributed by atoms with Crippen molar-refractivity contribution < 1.29 is 9.16 Å². The molecule has 0 aromatic carbocycles. The second kappa shape index (κ2) is 6.92. The summed E-state index contributed by atoms with van der Waals surface area (Å²) in [6, 6.07) is 1.96. The number of halogens is 1. The van der Waals surface area contributed by atoms with E-state index in [0.717, 1.165) is 17.0 Å². The van der Waals surface area contributed by atoms with E-state index in [0.29, 0.717) is 19.1 Å². The van der Waals surface area contributed by atoms with Crippen LogP contribution in [0.5, 0.6) is 5.75 Å². The first kappa shape index (κ1) is 17.5. The highest BCUT2D eigenvalue weighted by Gasteiger charge is 2.36. The topological polar surface area (TPSA) is 31.4 Å². The predicted octanol–water partition coefficient (Wildman–Crippen LogP) is 4.53. The fourth-order valence-corrected chi connectivity index (χ4v) is 2.66. The highest BCUT2D eigenvalue weighted by Crippen LogP contribution is 2.36. The van der Waals surface area contributed by atoms with Crippen LogP contribution < -0.4 is 4.74 Å². The first-order chi connectivity index (χ1) is 9.17. The van der Waals surface area contributed by atoms with Crippen molar-refractivity contribution in [3.05, 3.63) is 23.5 Å². The lowest BCUT2D eigenvalue weighted by Gasteiger charge is -2.36. The lowest BCUT2D eigenvalue weighted by Crippen LogP contribution is -2.41. The summed E-state index contributed by atoms with van der Waals surface area (Å²) in [4.78, 5) is 4.24. The maximum absolute atomic E-state index is 6.07. The molecule has 0 radical (unpaired) electrons. The fraction of sp³-hybridized carbons (Fsp3) is 0.667. The van der Waals surface area contributed by atoms with E-state index in [1.807, 2.05) is 13.0 Å². The lowest BCUT2D eigenvalue weighted by molar-refractivity contribution is 0.202. The van der Waals surface area contributed by atoms with Crippen LogP contribution in [0.4, 0.5) is 0 Å². The minimum Gasteiger partial charge on any atom is -0.489 e. The molecule has 1 aromatic rings. The minimum atomic E-state index is -1.68. The van der Waals surface area contributed by atoms with Crippen molar-refractivity contribution in [2.75, 3.05) is 13.2 Å². The smallest absolute Gasteiger partial charge is 0.192 e. The average molecular weight is 316 g/mol. The van der Waals surface area contributed by atoms with Crippen LogP contribution in [0.2, 0.25) is 18.1 Å². The number of hydrogen-bond donors (Lipinski definition) is 0. The molecule has 1 rings (SSSR count). The summed E-state index contributed by atoms with van der Waals surface area (Å²) in [6.07, 6.45) is 1.74. The molecule has 1 aromatic heterocycles. The van der Waals surface area contributed by atoms with E-state index in [-0.39, 0.29) is 5.04 Å². The number of pyridine rings is 1. The molecule has 1 heterocycles. The van der Waals surface area contributed by atoms with E-state index < -0.39 is 8.32 Å². The van der Waals surface area contributed by atoms with Gasteiger partial charge in [0.15, 0.2) is 8.32 Å². The maximum Gasteiger partial charge on any atom is 0.192 e. The zero-order valence-corrected chi connectivity index (χ0v) is 15.2. The van der Waals surface area contributed by atoms with E-state index in [1.54, 1.807) is 6.20 Å². The van der Waals surface area contributed by atoms with Crippen LogP contribution in [0.3, 0.4) is 0 Å².